The molecule has 3 nitrogen and oxygen atoms in total. The second-order valence-electron chi connectivity index (χ2n) is 5.27. The maximum atomic E-state index is 8.74. The molecular weight excluding hydrogens is 258 g/mol. The van der Waals surface area contributed by atoms with Crippen molar-refractivity contribution < 1.29 is 0 Å². The summed E-state index contributed by atoms with van der Waals surface area (Å²) in [5.41, 5.74) is 1.93. The smallest absolute Gasteiger partial charge is 0.0991 e. The molecule has 0 heterocycles. The molecule has 0 aromatic heterocycles. The van der Waals surface area contributed by atoms with E-state index < -0.39 is 0 Å². The third kappa shape index (κ3) is 5.98. The number of nitrogens with zero attached hydrogens (tertiary/aromatic N) is 2. The van der Waals surface area contributed by atoms with Crippen LogP contribution in [0.2, 0.25) is 0 Å². The van der Waals surface area contributed by atoms with E-state index in [2.05, 4.69) is 17.5 Å². The molecule has 112 valence electrons. The first-order chi connectivity index (χ1) is 10.3. The molecule has 0 spiro atoms. The van der Waals surface area contributed by atoms with E-state index in [-0.39, 0.29) is 0 Å². The van der Waals surface area contributed by atoms with Crippen LogP contribution in [0.3, 0.4) is 0 Å². The highest BCUT2D eigenvalue weighted by molar-refractivity contribution is 5.31. The minimum Gasteiger partial charge on any atom is -0.310 e. The van der Waals surface area contributed by atoms with Gasteiger partial charge in [-0.15, -0.1) is 0 Å². The second-order valence-corrected chi connectivity index (χ2v) is 5.27. The largest absolute Gasteiger partial charge is 0.310 e. The Morgan fingerprint density at radius 2 is 1.67 bits per heavy atom. The predicted octanol–water partition coefficient (Wildman–Crippen LogP) is 4.15. The summed E-state index contributed by atoms with van der Waals surface area (Å²) in [7, 11) is 0. The van der Waals surface area contributed by atoms with Gasteiger partial charge < -0.3 is 5.32 Å². The van der Waals surface area contributed by atoms with Crippen LogP contribution >= 0.6 is 0 Å². The number of rotatable bonds is 4. The van der Waals surface area contributed by atoms with Gasteiger partial charge in [0.25, 0.3) is 0 Å². The zero-order valence-corrected chi connectivity index (χ0v) is 13.1. The van der Waals surface area contributed by atoms with Gasteiger partial charge >= 0.3 is 0 Å². The van der Waals surface area contributed by atoms with Crippen molar-refractivity contribution in [1.82, 2.24) is 5.32 Å². The molecule has 1 aliphatic rings. The van der Waals surface area contributed by atoms with Crippen LogP contribution in [0.1, 0.15) is 57.1 Å². The van der Waals surface area contributed by atoms with Crippen LogP contribution in [0.25, 0.3) is 0 Å². The van der Waals surface area contributed by atoms with E-state index in [1.807, 2.05) is 38.1 Å². The fourth-order valence-electron chi connectivity index (χ4n) is 2.66. The van der Waals surface area contributed by atoms with E-state index in [1.165, 1.54) is 31.2 Å². The number of nitriles is 2. The van der Waals surface area contributed by atoms with Crippen molar-refractivity contribution in [2.24, 2.45) is 5.92 Å². The van der Waals surface area contributed by atoms with Gasteiger partial charge in [-0.05, 0) is 49.3 Å². The highest BCUT2D eigenvalue weighted by atomic mass is 14.9. The van der Waals surface area contributed by atoms with Crippen LogP contribution in [-0.4, -0.2) is 6.04 Å². The molecule has 1 aliphatic carbocycles. The molecule has 2 rings (SSSR count). The van der Waals surface area contributed by atoms with Gasteiger partial charge in [-0.25, -0.2) is 0 Å². The van der Waals surface area contributed by atoms with Gasteiger partial charge in [0.05, 0.1) is 17.7 Å². The van der Waals surface area contributed by atoms with Crippen molar-refractivity contribution in [2.75, 3.05) is 0 Å². The Balaban J connectivity index is 0.00000106. The molecule has 1 saturated carbocycles. The number of nitrogens with one attached hydrogen (secondary N) is 1. The lowest BCUT2D eigenvalue weighted by Crippen LogP contribution is -2.32. The van der Waals surface area contributed by atoms with Crippen LogP contribution < -0.4 is 5.32 Å². The summed E-state index contributed by atoms with van der Waals surface area (Å²) in [6.45, 7) is 4.86. The molecule has 3 heteroatoms. The van der Waals surface area contributed by atoms with Gasteiger partial charge in [0, 0.05) is 19.0 Å². The Morgan fingerprint density at radius 1 is 1.05 bits per heavy atom. The quantitative estimate of drug-likeness (QED) is 0.903. The SMILES string of the molecule is CC.N#CCC1CCC(NCc2ccc(C#N)cc2)CC1. The van der Waals surface area contributed by atoms with Crippen molar-refractivity contribution in [2.45, 2.75) is 58.5 Å². The molecule has 0 bridgehead atoms. The molecule has 0 radical (unpaired) electrons. The van der Waals surface area contributed by atoms with Crippen LogP contribution in [0.15, 0.2) is 24.3 Å². The fourth-order valence-corrected chi connectivity index (χ4v) is 2.66. The summed E-state index contributed by atoms with van der Waals surface area (Å²) in [5, 5.41) is 21.0. The first kappa shape index (κ1) is 17.2. The lowest BCUT2D eigenvalue weighted by Gasteiger charge is -2.28. The number of hydrogen-bond donors (Lipinski definition) is 1. The van der Waals surface area contributed by atoms with Gasteiger partial charge in [-0.2, -0.15) is 10.5 Å². The minimum atomic E-state index is 0.575. The molecule has 0 saturated heterocycles. The third-order valence-electron chi connectivity index (χ3n) is 3.90. The Kier molecular flexibility index (Phi) is 8.17. The van der Waals surface area contributed by atoms with Gasteiger partial charge in [0.2, 0.25) is 0 Å². The van der Waals surface area contributed by atoms with E-state index in [0.717, 1.165) is 6.54 Å². The topological polar surface area (TPSA) is 59.6 Å². The first-order valence-corrected chi connectivity index (χ1v) is 7.91. The molecule has 0 amide bonds. The summed E-state index contributed by atoms with van der Waals surface area (Å²) in [4.78, 5) is 0. The monoisotopic (exact) mass is 283 g/mol. The van der Waals surface area contributed by atoms with Crippen molar-refractivity contribution in [3.63, 3.8) is 0 Å². The van der Waals surface area contributed by atoms with Crippen LogP contribution in [-0.2, 0) is 6.54 Å². The Bertz CT molecular complexity index is 471. The molecule has 1 aromatic rings. The van der Waals surface area contributed by atoms with Gasteiger partial charge in [0.15, 0.2) is 0 Å². The fraction of sp³-hybridized carbons (Fsp3) is 0.556. The number of benzene rings is 1. The normalized spacial score (nSPS) is 20.6. The maximum Gasteiger partial charge on any atom is 0.0991 e. The maximum absolute atomic E-state index is 8.74. The molecule has 0 aliphatic heterocycles. The Morgan fingerprint density at radius 3 is 2.19 bits per heavy atom. The zero-order chi connectivity index (χ0) is 15.5. The van der Waals surface area contributed by atoms with E-state index in [9.17, 15) is 0 Å². The molecule has 0 unspecified atom stereocenters. The molecule has 1 aromatic carbocycles. The van der Waals surface area contributed by atoms with Gasteiger partial charge in [-0.1, -0.05) is 26.0 Å². The van der Waals surface area contributed by atoms with Crippen molar-refractivity contribution >= 4 is 0 Å². The van der Waals surface area contributed by atoms with E-state index in [1.54, 1.807) is 0 Å². The molecule has 1 N–H and O–H groups in total. The standard InChI is InChI=1S/C16H19N3.C2H6/c17-10-9-13-5-7-16(8-6-13)19-12-15-3-1-14(11-18)2-4-15;1-2/h1-4,13,16,19H,5-9,12H2;1-2H3. The highest BCUT2D eigenvalue weighted by Gasteiger charge is 2.20. The van der Waals surface area contributed by atoms with Crippen LogP contribution in [0.4, 0.5) is 0 Å². The molecular formula is C18H25N3. The van der Waals surface area contributed by atoms with Gasteiger partial charge in [0.1, 0.15) is 0 Å². The van der Waals surface area contributed by atoms with E-state index >= 15 is 0 Å². The van der Waals surface area contributed by atoms with Crippen LogP contribution in [0, 0.1) is 28.6 Å². The predicted molar refractivity (Wildman–Crippen MR) is 85.3 cm³/mol. The summed E-state index contributed by atoms with van der Waals surface area (Å²) in [5.74, 6) is 0.609. The first-order valence-electron chi connectivity index (χ1n) is 7.91. The molecule has 0 atom stereocenters. The third-order valence-corrected chi connectivity index (χ3v) is 3.90. The summed E-state index contributed by atoms with van der Waals surface area (Å²) in [6.07, 6.45) is 5.38. The highest BCUT2D eigenvalue weighted by Crippen LogP contribution is 2.26. The Labute approximate surface area is 128 Å². The lowest BCUT2D eigenvalue weighted by atomic mass is 9.84. The Hall–Kier alpha value is -1.84. The zero-order valence-electron chi connectivity index (χ0n) is 13.1. The summed E-state index contributed by atoms with van der Waals surface area (Å²) < 4.78 is 0. The molecule has 21 heavy (non-hydrogen) atoms. The molecule has 1 fully saturated rings. The average molecular weight is 283 g/mol. The van der Waals surface area contributed by atoms with Gasteiger partial charge in [-0.3, -0.25) is 0 Å². The van der Waals surface area contributed by atoms with Crippen molar-refractivity contribution in [1.29, 1.82) is 10.5 Å². The number of hydrogen-bond acceptors (Lipinski definition) is 3. The van der Waals surface area contributed by atoms with E-state index in [0.29, 0.717) is 23.9 Å². The lowest BCUT2D eigenvalue weighted by molar-refractivity contribution is 0.294. The van der Waals surface area contributed by atoms with Crippen molar-refractivity contribution in [3.05, 3.63) is 35.4 Å². The van der Waals surface area contributed by atoms with E-state index in [4.69, 9.17) is 10.5 Å². The van der Waals surface area contributed by atoms with Crippen molar-refractivity contribution in [3.8, 4) is 12.1 Å². The summed E-state index contributed by atoms with van der Waals surface area (Å²) >= 11 is 0. The summed E-state index contributed by atoms with van der Waals surface area (Å²) in [6, 6.07) is 12.7. The average Bonchev–Trinajstić information content (AvgIpc) is 2.57. The van der Waals surface area contributed by atoms with Crippen LogP contribution in [0.5, 0.6) is 0 Å². The minimum absolute atomic E-state index is 0.575. The second kappa shape index (κ2) is 9.97.